The van der Waals surface area contributed by atoms with Crippen molar-refractivity contribution in [3.8, 4) is 0 Å². The Morgan fingerprint density at radius 3 is 2.40 bits per heavy atom. The van der Waals surface area contributed by atoms with Crippen molar-refractivity contribution in [2.45, 2.75) is 38.8 Å². The summed E-state index contributed by atoms with van der Waals surface area (Å²) in [4.78, 5) is 23.5. The first-order chi connectivity index (χ1) is 9.56. The minimum atomic E-state index is -0.688. The molecule has 20 heavy (non-hydrogen) atoms. The maximum atomic E-state index is 11.8. The van der Waals surface area contributed by atoms with Gasteiger partial charge in [-0.05, 0) is 18.9 Å². The third kappa shape index (κ3) is 5.30. The van der Waals surface area contributed by atoms with Crippen LogP contribution in [0.25, 0.3) is 0 Å². The Morgan fingerprint density at radius 1 is 1.20 bits per heavy atom. The Labute approximate surface area is 119 Å². The molecule has 110 valence electrons. The number of nitrogens with one attached hydrogen (secondary N) is 2. The fourth-order valence-electron chi connectivity index (χ4n) is 1.71. The van der Waals surface area contributed by atoms with Gasteiger partial charge in [0.25, 0.3) is 0 Å². The van der Waals surface area contributed by atoms with Crippen molar-refractivity contribution in [2.75, 3.05) is 7.11 Å². The lowest BCUT2D eigenvalue weighted by Gasteiger charge is -2.19. The lowest BCUT2D eigenvalue weighted by Crippen LogP contribution is -2.49. The highest BCUT2D eigenvalue weighted by Crippen LogP contribution is 2.04. The first-order valence-corrected chi connectivity index (χ1v) is 6.75. The van der Waals surface area contributed by atoms with Crippen LogP contribution in [0.15, 0.2) is 30.3 Å². The van der Waals surface area contributed by atoms with Gasteiger partial charge in [0.2, 0.25) is 0 Å². The van der Waals surface area contributed by atoms with Gasteiger partial charge in [-0.1, -0.05) is 37.3 Å². The molecule has 0 aliphatic rings. The smallest absolute Gasteiger partial charge is 0.328 e. The van der Waals surface area contributed by atoms with Gasteiger partial charge in [-0.15, -0.1) is 0 Å². The molecule has 0 aromatic heterocycles. The van der Waals surface area contributed by atoms with Crippen LogP contribution in [0.2, 0.25) is 0 Å². The van der Waals surface area contributed by atoms with Gasteiger partial charge in [0.15, 0.2) is 0 Å². The summed E-state index contributed by atoms with van der Waals surface area (Å²) in [6.07, 6.45) is 1.23. The Kier molecular flexibility index (Phi) is 6.56. The zero-order valence-electron chi connectivity index (χ0n) is 12.2. The summed E-state index contributed by atoms with van der Waals surface area (Å²) in [5.74, 6) is -0.451. The Hall–Kier alpha value is -2.04. The molecule has 0 radical (unpaired) electrons. The third-order valence-electron chi connectivity index (χ3n) is 3.06. The topological polar surface area (TPSA) is 67.4 Å². The Balaban J connectivity index is 2.65. The van der Waals surface area contributed by atoms with Crippen LogP contribution in [0.4, 0.5) is 4.79 Å². The lowest BCUT2D eigenvalue weighted by molar-refractivity contribution is -0.142. The largest absolute Gasteiger partial charge is 0.467 e. The lowest BCUT2D eigenvalue weighted by atomic mass is 10.1. The number of benzene rings is 1. The van der Waals surface area contributed by atoms with E-state index >= 15 is 0 Å². The zero-order chi connectivity index (χ0) is 15.0. The van der Waals surface area contributed by atoms with E-state index in [0.717, 1.165) is 12.0 Å². The predicted molar refractivity (Wildman–Crippen MR) is 77.4 cm³/mol. The number of carbonyl (C=O) groups is 2. The molecular weight excluding hydrogens is 256 g/mol. The van der Waals surface area contributed by atoms with Crippen LogP contribution in [0.3, 0.4) is 0 Å². The number of ether oxygens (including phenoxy) is 1. The molecular formula is C15H22N2O3. The van der Waals surface area contributed by atoms with Crippen LogP contribution in [0, 0.1) is 0 Å². The number of urea groups is 1. The van der Waals surface area contributed by atoms with Gasteiger partial charge in [0.05, 0.1) is 7.11 Å². The molecule has 1 aromatic rings. The molecule has 0 spiro atoms. The third-order valence-corrected chi connectivity index (χ3v) is 3.06. The van der Waals surface area contributed by atoms with Gasteiger partial charge >= 0.3 is 12.0 Å². The van der Waals surface area contributed by atoms with E-state index < -0.39 is 12.0 Å². The number of rotatable bonds is 6. The molecule has 2 N–H and O–H groups in total. The molecule has 0 aliphatic carbocycles. The second-order valence-electron chi connectivity index (χ2n) is 4.69. The molecule has 0 bridgehead atoms. The molecule has 0 aliphatic heterocycles. The standard InChI is InChI=1S/C15H22N2O3/c1-4-11(2)16-15(19)17-13(14(18)20-3)10-12-8-6-5-7-9-12/h5-9,11,13H,4,10H2,1-3H3,(H2,16,17,19)/t11-,13-/m0/s1. The van der Waals surface area contributed by atoms with Crippen molar-refractivity contribution >= 4 is 12.0 Å². The van der Waals surface area contributed by atoms with Crippen molar-refractivity contribution in [3.63, 3.8) is 0 Å². The molecule has 5 heteroatoms. The number of amides is 2. The molecule has 0 unspecified atom stereocenters. The Bertz CT molecular complexity index is 434. The fraction of sp³-hybridized carbons (Fsp3) is 0.467. The summed E-state index contributed by atoms with van der Waals surface area (Å²) in [5.41, 5.74) is 0.965. The number of esters is 1. The summed E-state index contributed by atoms with van der Waals surface area (Å²) in [6.45, 7) is 3.89. The molecule has 1 rings (SSSR count). The normalized spacial score (nSPS) is 13.2. The van der Waals surface area contributed by atoms with Gasteiger partial charge in [-0.3, -0.25) is 0 Å². The second kappa shape index (κ2) is 8.19. The van der Waals surface area contributed by atoms with Crippen molar-refractivity contribution in [3.05, 3.63) is 35.9 Å². The highest BCUT2D eigenvalue weighted by atomic mass is 16.5. The summed E-state index contributed by atoms with van der Waals surface area (Å²) in [7, 11) is 1.31. The maximum Gasteiger partial charge on any atom is 0.328 e. The van der Waals surface area contributed by atoms with Gasteiger partial charge in [-0.2, -0.15) is 0 Å². The van der Waals surface area contributed by atoms with E-state index in [-0.39, 0.29) is 12.1 Å². The number of methoxy groups -OCH3 is 1. The molecule has 2 amide bonds. The molecule has 1 aromatic carbocycles. The summed E-state index contributed by atoms with van der Waals surface area (Å²) in [5, 5.41) is 5.42. The van der Waals surface area contributed by atoms with Gasteiger partial charge in [-0.25, -0.2) is 9.59 Å². The number of hydrogen-bond donors (Lipinski definition) is 2. The molecule has 2 atom stereocenters. The first-order valence-electron chi connectivity index (χ1n) is 6.75. The van der Waals surface area contributed by atoms with E-state index in [2.05, 4.69) is 10.6 Å². The predicted octanol–water partition coefficient (Wildman–Crippen LogP) is 1.87. The van der Waals surface area contributed by atoms with E-state index in [1.165, 1.54) is 7.11 Å². The zero-order valence-corrected chi connectivity index (χ0v) is 12.2. The van der Waals surface area contributed by atoms with Crippen molar-refractivity contribution < 1.29 is 14.3 Å². The van der Waals surface area contributed by atoms with E-state index in [0.29, 0.717) is 6.42 Å². The average Bonchev–Trinajstić information content (AvgIpc) is 2.46. The van der Waals surface area contributed by atoms with Gasteiger partial charge < -0.3 is 15.4 Å². The van der Waals surface area contributed by atoms with E-state index in [1.54, 1.807) is 0 Å². The number of hydrogen-bond acceptors (Lipinski definition) is 3. The quantitative estimate of drug-likeness (QED) is 0.781. The SMILES string of the molecule is CC[C@H](C)NC(=O)N[C@@H](Cc1ccccc1)C(=O)OC. The molecule has 0 saturated heterocycles. The molecule has 0 heterocycles. The second-order valence-corrected chi connectivity index (χ2v) is 4.69. The molecule has 0 saturated carbocycles. The summed E-state index contributed by atoms with van der Waals surface area (Å²) in [6, 6.07) is 8.52. The van der Waals surface area contributed by atoms with Crippen LogP contribution in [0.1, 0.15) is 25.8 Å². The van der Waals surface area contributed by atoms with Crippen LogP contribution in [-0.4, -0.2) is 31.2 Å². The first kappa shape index (κ1) is 16.0. The van der Waals surface area contributed by atoms with Gasteiger partial charge in [0, 0.05) is 12.5 Å². The minimum absolute atomic E-state index is 0.0602. The van der Waals surface area contributed by atoms with Crippen molar-refractivity contribution in [1.82, 2.24) is 10.6 Å². The molecule has 5 nitrogen and oxygen atoms in total. The fourth-order valence-corrected chi connectivity index (χ4v) is 1.71. The number of carbonyl (C=O) groups excluding carboxylic acids is 2. The van der Waals surface area contributed by atoms with Crippen molar-refractivity contribution in [1.29, 1.82) is 0 Å². The van der Waals surface area contributed by atoms with E-state index in [9.17, 15) is 9.59 Å². The highest BCUT2D eigenvalue weighted by molar-refractivity contribution is 5.83. The van der Waals surface area contributed by atoms with E-state index in [1.807, 2.05) is 44.2 Å². The monoisotopic (exact) mass is 278 g/mol. The Morgan fingerprint density at radius 2 is 1.85 bits per heavy atom. The average molecular weight is 278 g/mol. The van der Waals surface area contributed by atoms with Crippen LogP contribution in [-0.2, 0) is 16.0 Å². The summed E-state index contributed by atoms with van der Waals surface area (Å²) >= 11 is 0. The highest BCUT2D eigenvalue weighted by Gasteiger charge is 2.22. The van der Waals surface area contributed by atoms with Crippen LogP contribution < -0.4 is 10.6 Å². The minimum Gasteiger partial charge on any atom is -0.467 e. The van der Waals surface area contributed by atoms with Crippen molar-refractivity contribution in [2.24, 2.45) is 0 Å². The van der Waals surface area contributed by atoms with E-state index in [4.69, 9.17) is 4.74 Å². The molecule has 0 fully saturated rings. The summed E-state index contributed by atoms with van der Waals surface area (Å²) < 4.78 is 4.74. The van der Waals surface area contributed by atoms with Crippen LogP contribution >= 0.6 is 0 Å². The van der Waals surface area contributed by atoms with Crippen LogP contribution in [0.5, 0.6) is 0 Å². The maximum absolute atomic E-state index is 11.8. The van der Waals surface area contributed by atoms with Gasteiger partial charge in [0.1, 0.15) is 6.04 Å².